The first-order valence-electron chi connectivity index (χ1n) is 6.08. The summed E-state index contributed by atoms with van der Waals surface area (Å²) < 4.78 is 15.5. The van der Waals surface area contributed by atoms with Gasteiger partial charge in [-0.15, -0.1) is 0 Å². The molecule has 0 aliphatic rings. The van der Waals surface area contributed by atoms with E-state index >= 15 is 0 Å². The molecule has 0 saturated carbocycles. The van der Waals surface area contributed by atoms with Crippen molar-refractivity contribution in [1.82, 2.24) is 5.32 Å². The molecule has 19 heavy (non-hydrogen) atoms. The SMILES string of the molecule is COc1ccc(OC)c(C(C)NC(=O)C(C)OC)c1. The predicted molar refractivity (Wildman–Crippen MR) is 72.6 cm³/mol. The molecular weight excluding hydrogens is 246 g/mol. The summed E-state index contributed by atoms with van der Waals surface area (Å²) in [5.74, 6) is 1.26. The van der Waals surface area contributed by atoms with Gasteiger partial charge in [0.2, 0.25) is 5.91 Å². The van der Waals surface area contributed by atoms with Gasteiger partial charge in [0.15, 0.2) is 0 Å². The van der Waals surface area contributed by atoms with Crippen LogP contribution in [0.2, 0.25) is 0 Å². The highest BCUT2D eigenvalue weighted by Crippen LogP contribution is 2.29. The summed E-state index contributed by atoms with van der Waals surface area (Å²) in [6.45, 7) is 3.59. The van der Waals surface area contributed by atoms with Crippen LogP contribution in [0.1, 0.15) is 25.5 Å². The number of carbonyl (C=O) groups is 1. The van der Waals surface area contributed by atoms with Crippen LogP contribution in [0.3, 0.4) is 0 Å². The third-order valence-corrected chi connectivity index (χ3v) is 2.98. The number of carbonyl (C=O) groups excluding carboxylic acids is 1. The third-order valence-electron chi connectivity index (χ3n) is 2.98. The first kappa shape index (κ1) is 15.3. The van der Waals surface area contributed by atoms with E-state index in [1.165, 1.54) is 7.11 Å². The molecule has 1 rings (SSSR count). The molecule has 1 aromatic rings. The van der Waals surface area contributed by atoms with Crippen LogP contribution in [0.5, 0.6) is 11.5 Å². The maximum absolute atomic E-state index is 11.8. The average Bonchev–Trinajstić information content (AvgIpc) is 2.45. The van der Waals surface area contributed by atoms with Gasteiger partial charge in [-0.2, -0.15) is 0 Å². The van der Waals surface area contributed by atoms with E-state index in [0.717, 1.165) is 11.3 Å². The standard InChI is InChI=1S/C14H21NO4/c1-9(15-14(16)10(2)17-3)12-8-11(18-4)6-7-13(12)19-5/h6-10H,1-5H3,(H,15,16). The lowest BCUT2D eigenvalue weighted by atomic mass is 10.1. The van der Waals surface area contributed by atoms with E-state index < -0.39 is 6.10 Å². The van der Waals surface area contributed by atoms with Crippen LogP contribution in [0.25, 0.3) is 0 Å². The Morgan fingerprint density at radius 1 is 1.16 bits per heavy atom. The van der Waals surface area contributed by atoms with Crippen molar-refractivity contribution in [2.45, 2.75) is 26.0 Å². The summed E-state index contributed by atoms with van der Waals surface area (Å²) in [4.78, 5) is 11.8. The first-order valence-corrected chi connectivity index (χ1v) is 6.08. The molecule has 1 amide bonds. The highest BCUT2D eigenvalue weighted by molar-refractivity contribution is 5.80. The summed E-state index contributed by atoms with van der Waals surface area (Å²) in [6, 6.07) is 5.28. The van der Waals surface area contributed by atoms with Gasteiger partial charge >= 0.3 is 0 Å². The highest BCUT2D eigenvalue weighted by atomic mass is 16.5. The van der Waals surface area contributed by atoms with Crippen LogP contribution in [0, 0.1) is 0 Å². The maximum atomic E-state index is 11.8. The third kappa shape index (κ3) is 3.86. The fraction of sp³-hybridized carbons (Fsp3) is 0.500. The fourth-order valence-corrected chi connectivity index (χ4v) is 1.69. The molecule has 0 bridgehead atoms. The van der Waals surface area contributed by atoms with E-state index in [2.05, 4.69) is 5.32 Å². The van der Waals surface area contributed by atoms with Gasteiger partial charge in [0.05, 0.1) is 20.3 Å². The average molecular weight is 267 g/mol. The van der Waals surface area contributed by atoms with Gasteiger partial charge in [-0.1, -0.05) is 0 Å². The molecule has 1 aromatic carbocycles. The molecule has 5 heteroatoms. The lowest BCUT2D eigenvalue weighted by Gasteiger charge is -2.20. The van der Waals surface area contributed by atoms with Crippen molar-refractivity contribution in [1.29, 1.82) is 0 Å². The fourth-order valence-electron chi connectivity index (χ4n) is 1.69. The second kappa shape index (κ2) is 6.99. The number of rotatable bonds is 6. The van der Waals surface area contributed by atoms with Crippen LogP contribution >= 0.6 is 0 Å². The van der Waals surface area contributed by atoms with E-state index in [1.807, 2.05) is 25.1 Å². The molecule has 0 radical (unpaired) electrons. The Labute approximate surface area is 113 Å². The second-order valence-corrected chi connectivity index (χ2v) is 4.22. The van der Waals surface area contributed by atoms with Gasteiger partial charge in [-0.05, 0) is 32.0 Å². The Morgan fingerprint density at radius 3 is 2.37 bits per heavy atom. The Bertz CT molecular complexity index is 433. The number of ether oxygens (including phenoxy) is 3. The predicted octanol–water partition coefficient (Wildman–Crippen LogP) is 1.92. The van der Waals surface area contributed by atoms with Crippen molar-refractivity contribution in [2.75, 3.05) is 21.3 Å². The summed E-state index contributed by atoms with van der Waals surface area (Å²) in [5, 5.41) is 2.87. The van der Waals surface area contributed by atoms with Gasteiger partial charge in [0.1, 0.15) is 17.6 Å². The number of methoxy groups -OCH3 is 3. The first-order chi connectivity index (χ1) is 9.03. The zero-order valence-corrected chi connectivity index (χ0v) is 12.0. The van der Waals surface area contributed by atoms with Crippen LogP contribution in [0.15, 0.2) is 18.2 Å². The number of hydrogen-bond acceptors (Lipinski definition) is 4. The van der Waals surface area contributed by atoms with Crippen molar-refractivity contribution >= 4 is 5.91 Å². The van der Waals surface area contributed by atoms with E-state index in [1.54, 1.807) is 21.1 Å². The van der Waals surface area contributed by atoms with Crippen molar-refractivity contribution in [3.05, 3.63) is 23.8 Å². The van der Waals surface area contributed by atoms with Crippen LogP contribution in [-0.4, -0.2) is 33.3 Å². The maximum Gasteiger partial charge on any atom is 0.249 e. The molecule has 0 saturated heterocycles. The van der Waals surface area contributed by atoms with Gasteiger partial charge < -0.3 is 19.5 Å². The summed E-state index contributed by atoms with van der Waals surface area (Å²) >= 11 is 0. The summed E-state index contributed by atoms with van der Waals surface area (Å²) in [7, 11) is 4.69. The van der Waals surface area contributed by atoms with Crippen LogP contribution < -0.4 is 14.8 Å². The Balaban J connectivity index is 2.91. The van der Waals surface area contributed by atoms with Crippen molar-refractivity contribution in [2.24, 2.45) is 0 Å². The number of hydrogen-bond donors (Lipinski definition) is 1. The van der Waals surface area contributed by atoms with Gasteiger partial charge in [-0.25, -0.2) is 0 Å². The zero-order valence-electron chi connectivity index (χ0n) is 12.0. The number of benzene rings is 1. The smallest absolute Gasteiger partial charge is 0.249 e. The van der Waals surface area contributed by atoms with E-state index in [-0.39, 0.29) is 11.9 Å². The minimum Gasteiger partial charge on any atom is -0.497 e. The quantitative estimate of drug-likeness (QED) is 0.855. The lowest BCUT2D eigenvalue weighted by Crippen LogP contribution is -2.35. The molecule has 0 heterocycles. The van der Waals surface area contributed by atoms with Gasteiger partial charge in [-0.3, -0.25) is 4.79 Å². The monoisotopic (exact) mass is 267 g/mol. The number of amides is 1. The largest absolute Gasteiger partial charge is 0.497 e. The number of nitrogens with one attached hydrogen (secondary N) is 1. The van der Waals surface area contributed by atoms with Crippen molar-refractivity contribution < 1.29 is 19.0 Å². The highest BCUT2D eigenvalue weighted by Gasteiger charge is 2.18. The molecule has 0 aliphatic heterocycles. The van der Waals surface area contributed by atoms with Crippen molar-refractivity contribution in [3.8, 4) is 11.5 Å². The molecule has 2 unspecified atom stereocenters. The Hall–Kier alpha value is -1.75. The molecule has 0 fully saturated rings. The minimum absolute atomic E-state index is 0.167. The molecule has 0 spiro atoms. The van der Waals surface area contributed by atoms with Gasteiger partial charge in [0.25, 0.3) is 0 Å². The topological polar surface area (TPSA) is 56.8 Å². The van der Waals surface area contributed by atoms with E-state index in [4.69, 9.17) is 14.2 Å². The molecule has 106 valence electrons. The Morgan fingerprint density at radius 2 is 1.84 bits per heavy atom. The lowest BCUT2D eigenvalue weighted by molar-refractivity contribution is -0.130. The Kier molecular flexibility index (Phi) is 5.63. The molecule has 1 N–H and O–H groups in total. The summed E-state index contributed by atoms with van der Waals surface area (Å²) in [6.07, 6.45) is -0.487. The zero-order chi connectivity index (χ0) is 14.4. The molecule has 0 aromatic heterocycles. The van der Waals surface area contributed by atoms with E-state index in [0.29, 0.717) is 5.75 Å². The molecule has 0 aliphatic carbocycles. The molecule has 2 atom stereocenters. The molecular formula is C14H21NO4. The van der Waals surface area contributed by atoms with Crippen LogP contribution in [0.4, 0.5) is 0 Å². The second-order valence-electron chi connectivity index (χ2n) is 4.22. The normalized spacial score (nSPS) is 13.5. The minimum atomic E-state index is -0.487. The van der Waals surface area contributed by atoms with Gasteiger partial charge in [0, 0.05) is 12.7 Å². The van der Waals surface area contributed by atoms with Crippen LogP contribution in [-0.2, 0) is 9.53 Å². The summed E-state index contributed by atoms with van der Waals surface area (Å²) in [5.41, 5.74) is 0.860. The van der Waals surface area contributed by atoms with E-state index in [9.17, 15) is 4.79 Å². The van der Waals surface area contributed by atoms with Crippen molar-refractivity contribution in [3.63, 3.8) is 0 Å². The molecule has 5 nitrogen and oxygen atoms in total.